The molecule has 6 nitrogen and oxygen atoms in total. The molecule has 2 unspecified atom stereocenters. The molecule has 2 N–H and O–H groups in total. The minimum atomic E-state index is -3.75. The van der Waals surface area contributed by atoms with Crippen LogP contribution in [0.1, 0.15) is 27.9 Å². The zero-order chi connectivity index (χ0) is 15.5. The Kier molecular flexibility index (Phi) is 5.87. The van der Waals surface area contributed by atoms with Gasteiger partial charge in [-0.3, -0.25) is 4.21 Å². The largest absolute Gasteiger partial charge is 0.477 e. The smallest absolute Gasteiger partial charge is 0.345 e. The Morgan fingerprint density at radius 1 is 1.55 bits per heavy atom. The molecule has 1 aromatic rings. The van der Waals surface area contributed by atoms with Crippen LogP contribution in [0.5, 0.6) is 0 Å². The Balaban J connectivity index is 2.88. The lowest BCUT2D eigenvalue weighted by atomic mass is 10.3. The van der Waals surface area contributed by atoms with Crippen LogP contribution in [-0.2, 0) is 20.8 Å². The van der Waals surface area contributed by atoms with Crippen molar-refractivity contribution in [2.45, 2.75) is 31.2 Å². The summed E-state index contributed by atoms with van der Waals surface area (Å²) in [4.78, 5) is 11.3. The number of thiophene rings is 1. The molecule has 1 aromatic heterocycles. The van der Waals surface area contributed by atoms with Crippen molar-refractivity contribution in [3.05, 3.63) is 15.8 Å². The molecule has 0 amide bonds. The Bertz CT molecular complexity index is 620. The van der Waals surface area contributed by atoms with E-state index in [-0.39, 0.29) is 15.8 Å². The monoisotopic (exact) mass is 339 g/mol. The van der Waals surface area contributed by atoms with E-state index in [0.29, 0.717) is 17.1 Å². The first-order valence-corrected chi connectivity index (χ1v) is 9.82. The van der Waals surface area contributed by atoms with E-state index in [0.717, 1.165) is 17.4 Å². The molecule has 0 aliphatic rings. The molecule has 0 aromatic carbocycles. The number of hydrogen-bond donors (Lipinski definition) is 2. The number of carboxylic acid groups (broad SMARTS) is 1. The normalized spacial score (nSPS) is 14.9. The quantitative estimate of drug-likeness (QED) is 0.777. The Hall–Kier alpha value is -0.770. The molecular formula is C11H17NO5S3. The maximum atomic E-state index is 12.2. The number of aromatic carboxylic acids is 1. The van der Waals surface area contributed by atoms with Gasteiger partial charge in [0.05, 0.1) is 4.90 Å². The van der Waals surface area contributed by atoms with Crippen LogP contribution in [0.3, 0.4) is 0 Å². The summed E-state index contributed by atoms with van der Waals surface area (Å²) >= 11 is 0.927. The van der Waals surface area contributed by atoms with Crippen LogP contribution in [0.4, 0.5) is 0 Å². The zero-order valence-corrected chi connectivity index (χ0v) is 13.8. The predicted molar refractivity (Wildman–Crippen MR) is 79.3 cm³/mol. The van der Waals surface area contributed by atoms with E-state index >= 15 is 0 Å². The van der Waals surface area contributed by atoms with Crippen LogP contribution in [-0.4, -0.2) is 41.8 Å². The number of aryl methyl sites for hydroxylation is 1. The number of rotatable bonds is 7. The predicted octanol–water partition coefficient (Wildman–Crippen LogP) is 1.19. The van der Waals surface area contributed by atoms with Gasteiger partial charge in [-0.2, -0.15) is 0 Å². The van der Waals surface area contributed by atoms with E-state index in [1.807, 2.05) is 0 Å². The highest BCUT2D eigenvalue weighted by Crippen LogP contribution is 2.25. The molecule has 0 bridgehead atoms. The minimum Gasteiger partial charge on any atom is -0.477 e. The molecule has 1 heterocycles. The molecule has 114 valence electrons. The molecule has 9 heteroatoms. The van der Waals surface area contributed by atoms with Crippen molar-refractivity contribution in [3.8, 4) is 0 Å². The van der Waals surface area contributed by atoms with Gasteiger partial charge >= 0.3 is 5.97 Å². The molecule has 0 saturated carbocycles. The first kappa shape index (κ1) is 17.3. The maximum Gasteiger partial charge on any atom is 0.345 e. The highest BCUT2D eigenvalue weighted by Gasteiger charge is 2.23. The summed E-state index contributed by atoms with van der Waals surface area (Å²) < 4.78 is 37.8. The van der Waals surface area contributed by atoms with Gasteiger partial charge < -0.3 is 5.11 Å². The molecule has 0 saturated heterocycles. The lowest BCUT2D eigenvalue weighted by Gasteiger charge is -2.13. The van der Waals surface area contributed by atoms with Gasteiger partial charge in [-0.05, 0) is 26.3 Å². The molecule has 0 fully saturated rings. The third kappa shape index (κ3) is 4.65. The second-order valence-corrected chi connectivity index (χ2v) is 8.92. The number of carboxylic acids is 1. The van der Waals surface area contributed by atoms with E-state index in [4.69, 9.17) is 5.11 Å². The van der Waals surface area contributed by atoms with E-state index in [1.54, 1.807) is 20.1 Å². The van der Waals surface area contributed by atoms with Gasteiger partial charge in [-0.15, -0.1) is 11.3 Å². The lowest BCUT2D eigenvalue weighted by molar-refractivity contribution is 0.0702. The third-order valence-electron chi connectivity index (χ3n) is 2.57. The van der Waals surface area contributed by atoms with Crippen molar-refractivity contribution in [2.75, 3.05) is 12.0 Å². The van der Waals surface area contributed by atoms with Crippen LogP contribution >= 0.6 is 11.3 Å². The van der Waals surface area contributed by atoms with Crippen molar-refractivity contribution in [3.63, 3.8) is 0 Å². The summed E-state index contributed by atoms with van der Waals surface area (Å²) in [6.07, 6.45) is 2.01. The van der Waals surface area contributed by atoms with Gasteiger partial charge in [0.25, 0.3) is 0 Å². The van der Waals surface area contributed by atoms with Gasteiger partial charge in [0.1, 0.15) is 4.88 Å². The van der Waals surface area contributed by atoms with Crippen molar-refractivity contribution < 1.29 is 22.5 Å². The first-order chi connectivity index (χ1) is 9.13. The molecule has 20 heavy (non-hydrogen) atoms. The number of sulfonamides is 1. The van der Waals surface area contributed by atoms with Gasteiger partial charge in [-0.1, -0.05) is 0 Å². The van der Waals surface area contributed by atoms with Gasteiger partial charge in [-0.25, -0.2) is 17.9 Å². The summed E-state index contributed by atoms with van der Waals surface area (Å²) in [6, 6.07) is 0.798. The maximum absolute atomic E-state index is 12.2. The van der Waals surface area contributed by atoms with E-state index < -0.39 is 26.8 Å². The summed E-state index contributed by atoms with van der Waals surface area (Å²) in [7, 11) is -4.73. The molecule has 1 rings (SSSR count). The molecular weight excluding hydrogens is 322 g/mol. The molecule has 0 aliphatic carbocycles. The fourth-order valence-electron chi connectivity index (χ4n) is 1.57. The van der Waals surface area contributed by atoms with Crippen LogP contribution in [0, 0.1) is 6.92 Å². The summed E-state index contributed by atoms with van der Waals surface area (Å²) in [5.41, 5.74) is 0. The first-order valence-electron chi connectivity index (χ1n) is 5.79. The summed E-state index contributed by atoms with van der Waals surface area (Å²) in [5.74, 6) is -0.735. The highest BCUT2D eigenvalue weighted by molar-refractivity contribution is 7.89. The average Bonchev–Trinajstić information content (AvgIpc) is 2.69. The Labute approximate surface area is 124 Å². The number of hydrogen-bond acceptors (Lipinski definition) is 5. The minimum absolute atomic E-state index is 0.00908. The summed E-state index contributed by atoms with van der Waals surface area (Å²) in [5, 5.41) is 8.88. The van der Waals surface area contributed by atoms with Crippen molar-refractivity contribution >= 4 is 38.1 Å². The topological polar surface area (TPSA) is 101 Å². The van der Waals surface area contributed by atoms with Gasteiger partial charge in [0, 0.05) is 33.7 Å². The molecule has 0 radical (unpaired) electrons. The van der Waals surface area contributed by atoms with Gasteiger partial charge in [0.15, 0.2) is 0 Å². The van der Waals surface area contributed by atoms with E-state index in [1.165, 1.54) is 0 Å². The highest BCUT2D eigenvalue weighted by atomic mass is 32.2. The lowest BCUT2D eigenvalue weighted by Crippen LogP contribution is -2.33. The van der Waals surface area contributed by atoms with E-state index in [2.05, 4.69) is 4.72 Å². The van der Waals surface area contributed by atoms with Crippen LogP contribution in [0.2, 0.25) is 0 Å². The number of carbonyl (C=O) groups is 1. The van der Waals surface area contributed by atoms with Crippen LogP contribution < -0.4 is 4.72 Å². The molecule has 0 aliphatic heterocycles. The SMILES string of the molecule is Cc1sc(C(=O)O)cc1S(=O)(=O)NC(C)CCS(C)=O. The summed E-state index contributed by atoms with van der Waals surface area (Å²) in [6.45, 7) is 3.25. The fraction of sp³-hybridized carbons (Fsp3) is 0.545. The van der Waals surface area contributed by atoms with Crippen molar-refractivity contribution in [2.24, 2.45) is 0 Å². The van der Waals surface area contributed by atoms with E-state index in [9.17, 15) is 17.4 Å². The second-order valence-electron chi connectivity index (χ2n) is 4.42. The second kappa shape index (κ2) is 6.79. The van der Waals surface area contributed by atoms with Crippen LogP contribution in [0.25, 0.3) is 0 Å². The molecule has 2 atom stereocenters. The van der Waals surface area contributed by atoms with Crippen LogP contribution in [0.15, 0.2) is 11.0 Å². The third-order valence-corrected chi connectivity index (χ3v) is 6.26. The standard InChI is InChI=1S/C11H17NO5S3/c1-7(4-5-19(3)15)12-20(16,17)10-6-9(11(13)14)18-8(10)2/h6-7,12H,4-5H2,1-3H3,(H,13,14). The zero-order valence-electron chi connectivity index (χ0n) is 11.4. The van der Waals surface area contributed by atoms with Crippen molar-refractivity contribution in [1.29, 1.82) is 0 Å². The Morgan fingerprint density at radius 3 is 2.60 bits per heavy atom. The van der Waals surface area contributed by atoms with Gasteiger partial charge in [0.2, 0.25) is 10.0 Å². The van der Waals surface area contributed by atoms with Crippen molar-refractivity contribution in [1.82, 2.24) is 4.72 Å². The molecule has 0 spiro atoms. The fourth-order valence-corrected chi connectivity index (χ4v) is 4.96. The number of nitrogens with one attached hydrogen (secondary N) is 1. The average molecular weight is 339 g/mol. The Morgan fingerprint density at radius 2 is 2.15 bits per heavy atom.